The highest BCUT2D eigenvalue weighted by Crippen LogP contribution is 2.65. The summed E-state index contributed by atoms with van der Waals surface area (Å²) in [7, 11) is 0. The van der Waals surface area contributed by atoms with E-state index in [1.165, 1.54) is 6.07 Å². The van der Waals surface area contributed by atoms with Crippen LogP contribution in [0, 0.1) is 24.2 Å². The molecule has 6 nitrogen and oxygen atoms in total. The number of hydrogen-bond acceptors (Lipinski definition) is 6. The lowest BCUT2D eigenvalue weighted by Crippen LogP contribution is -2.64. The summed E-state index contributed by atoms with van der Waals surface area (Å²) in [6, 6.07) is 3.32. The molecule has 0 saturated heterocycles. The molecule has 0 heterocycles. The number of benzene rings is 1. The molecule has 1 aromatic rings. The Labute approximate surface area is 158 Å². The van der Waals surface area contributed by atoms with Gasteiger partial charge in [-0.15, -0.1) is 0 Å². The van der Waals surface area contributed by atoms with Gasteiger partial charge in [0, 0.05) is 23.3 Å². The number of hydrogen-bond donors (Lipinski definition) is 5. The Kier molecular flexibility index (Phi) is 4.03. The molecule has 2 fully saturated rings. The lowest BCUT2D eigenvalue weighted by Gasteiger charge is -2.56. The second-order valence-corrected chi connectivity index (χ2v) is 8.95. The normalized spacial score (nSPS) is 41.6. The van der Waals surface area contributed by atoms with E-state index in [4.69, 9.17) is 0 Å². The third kappa shape index (κ3) is 2.13. The van der Waals surface area contributed by atoms with Crippen LogP contribution in [0.4, 0.5) is 0 Å². The summed E-state index contributed by atoms with van der Waals surface area (Å²) in [5.74, 6) is -1.13. The minimum atomic E-state index is -1.77. The quantitative estimate of drug-likeness (QED) is 0.524. The summed E-state index contributed by atoms with van der Waals surface area (Å²) >= 11 is 0. The summed E-state index contributed by atoms with van der Waals surface area (Å²) in [5.41, 5.74) is -2.19. The monoisotopic (exact) mass is 376 g/mol. The maximum absolute atomic E-state index is 13.3. The molecule has 0 spiro atoms. The third-order valence-corrected chi connectivity index (χ3v) is 7.95. The van der Waals surface area contributed by atoms with Crippen LogP contribution in [0.2, 0.25) is 0 Å². The van der Waals surface area contributed by atoms with E-state index in [1.807, 2.05) is 6.92 Å². The number of Topliss-reactive ketones (excluding diaryl/α,β-unsaturated/α-hetero) is 1. The fourth-order valence-corrected chi connectivity index (χ4v) is 6.42. The third-order valence-electron chi connectivity index (χ3n) is 7.95. The highest BCUT2D eigenvalue weighted by atomic mass is 16.4. The molecule has 0 aromatic heterocycles. The highest BCUT2D eigenvalue weighted by molar-refractivity contribution is 5.92. The number of carbonyl (C=O) groups excluding carboxylic acids is 1. The second kappa shape index (κ2) is 5.77. The van der Waals surface area contributed by atoms with Gasteiger partial charge in [0.25, 0.3) is 0 Å². The van der Waals surface area contributed by atoms with Crippen LogP contribution in [-0.2, 0) is 16.8 Å². The van der Waals surface area contributed by atoms with Gasteiger partial charge >= 0.3 is 0 Å². The molecule has 1 unspecified atom stereocenters. The zero-order valence-corrected chi connectivity index (χ0v) is 15.8. The topological polar surface area (TPSA) is 118 Å². The largest absolute Gasteiger partial charge is 0.508 e. The van der Waals surface area contributed by atoms with Gasteiger partial charge in [-0.2, -0.15) is 0 Å². The Bertz CT molecular complexity index is 806. The summed E-state index contributed by atoms with van der Waals surface area (Å²) in [6.45, 7) is 3.11. The molecule has 1 aromatic carbocycles. The molecule has 0 radical (unpaired) electrons. The van der Waals surface area contributed by atoms with Crippen LogP contribution in [0.5, 0.6) is 5.75 Å². The second-order valence-electron chi connectivity index (χ2n) is 8.95. The van der Waals surface area contributed by atoms with Crippen LogP contribution < -0.4 is 0 Å². The first-order valence-corrected chi connectivity index (χ1v) is 9.70. The van der Waals surface area contributed by atoms with Gasteiger partial charge in [-0.25, -0.2) is 0 Å². The van der Waals surface area contributed by atoms with Gasteiger partial charge < -0.3 is 25.5 Å². The van der Waals surface area contributed by atoms with Crippen molar-refractivity contribution in [2.45, 2.75) is 63.3 Å². The number of phenolic OH excluding ortho intramolecular Hbond substituents is 1. The van der Waals surface area contributed by atoms with Crippen molar-refractivity contribution in [2.75, 3.05) is 6.61 Å². The number of fused-ring (bicyclic) bond motifs is 5. The SMILES string of the molecule is Cc1ccc(O)c2c1CC[C@H]1[C@@H]3CC[C@](O)(C(O)CO)[C@@]3(C)CC(=O)[C@@]21O. The van der Waals surface area contributed by atoms with Crippen LogP contribution in [0.3, 0.4) is 0 Å². The van der Waals surface area contributed by atoms with E-state index in [0.717, 1.165) is 11.1 Å². The van der Waals surface area contributed by atoms with Gasteiger partial charge in [-0.3, -0.25) is 4.79 Å². The molecule has 27 heavy (non-hydrogen) atoms. The number of aromatic hydroxyl groups is 1. The Morgan fingerprint density at radius 1 is 1.22 bits per heavy atom. The van der Waals surface area contributed by atoms with Crippen LogP contribution in [0.15, 0.2) is 12.1 Å². The Morgan fingerprint density at radius 3 is 2.59 bits per heavy atom. The zero-order valence-electron chi connectivity index (χ0n) is 15.8. The number of rotatable bonds is 2. The van der Waals surface area contributed by atoms with E-state index < -0.39 is 41.0 Å². The molecule has 5 N–H and O–H groups in total. The molecule has 2 saturated carbocycles. The number of aliphatic hydroxyl groups excluding tert-OH is 2. The Morgan fingerprint density at radius 2 is 1.93 bits per heavy atom. The van der Waals surface area contributed by atoms with Crippen molar-refractivity contribution < 1.29 is 30.3 Å². The molecule has 0 bridgehead atoms. The molecule has 3 aliphatic rings. The first kappa shape index (κ1) is 18.9. The minimum Gasteiger partial charge on any atom is -0.508 e. The van der Waals surface area contributed by atoms with Crippen molar-refractivity contribution in [2.24, 2.45) is 17.3 Å². The Balaban J connectivity index is 1.86. The van der Waals surface area contributed by atoms with Crippen molar-refractivity contribution in [3.05, 3.63) is 28.8 Å². The van der Waals surface area contributed by atoms with Crippen LogP contribution in [0.1, 0.15) is 49.3 Å². The zero-order chi connectivity index (χ0) is 19.8. The molecule has 3 aliphatic carbocycles. The maximum atomic E-state index is 13.3. The van der Waals surface area contributed by atoms with E-state index in [2.05, 4.69) is 0 Å². The molecule has 6 heteroatoms. The summed E-state index contributed by atoms with van der Waals surface area (Å²) in [5, 5.41) is 53.1. The number of carbonyl (C=O) groups is 1. The lowest BCUT2D eigenvalue weighted by molar-refractivity contribution is -0.203. The van der Waals surface area contributed by atoms with Gasteiger partial charge in [0.2, 0.25) is 0 Å². The van der Waals surface area contributed by atoms with E-state index in [9.17, 15) is 30.3 Å². The highest BCUT2D eigenvalue weighted by Gasteiger charge is 2.70. The molecule has 0 aliphatic heterocycles. The van der Waals surface area contributed by atoms with Crippen molar-refractivity contribution in [3.63, 3.8) is 0 Å². The van der Waals surface area contributed by atoms with E-state index in [1.54, 1.807) is 13.0 Å². The summed E-state index contributed by atoms with van der Waals surface area (Å²) in [6.07, 6.45) is 0.590. The van der Waals surface area contributed by atoms with Gasteiger partial charge in [0.05, 0.1) is 12.2 Å². The van der Waals surface area contributed by atoms with Gasteiger partial charge in [-0.05, 0) is 55.7 Å². The maximum Gasteiger partial charge on any atom is 0.170 e. The van der Waals surface area contributed by atoms with Crippen LogP contribution >= 0.6 is 0 Å². The minimum absolute atomic E-state index is 0.0663. The molecule has 4 rings (SSSR count). The first-order chi connectivity index (χ1) is 12.6. The number of ketones is 1. The van der Waals surface area contributed by atoms with E-state index >= 15 is 0 Å². The lowest BCUT2D eigenvalue weighted by atomic mass is 9.50. The summed E-state index contributed by atoms with van der Waals surface area (Å²) in [4.78, 5) is 13.3. The number of aryl methyl sites for hydroxylation is 1. The predicted octanol–water partition coefficient (Wildman–Crippen LogP) is 0.924. The van der Waals surface area contributed by atoms with Crippen molar-refractivity contribution in [1.82, 2.24) is 0 Å². The average molecular weight is 376 g/mol. The van der Waals surface area contributed by atoms with Gasteiger partial charge in [0.15, 0.2) is 11.4 Å². The van der Waals surface area contributed by atoms with Crippen molar-refractivity contribution in [3.8, 4) is 5.75 Å². The first-order valence-electron chi connectivity index (χ1n) is 9.70. The average Bonchev–Trinajstić information content (AvgIpc) is 2.89. The van der Waals surface area contributed by atoms with Gasteiger partial charge in [0.1, 0.15) is 11.9 Å². The molecule has 0 amide bonds. The van der Waals surface area contributed by atoms with Crippen molar-refractivity contribution in [1.29, 1.82) is 0 Å². The smallest absolute Gasteiger partial charge is 0.170 e. The van der Waals surface area contributed by atoms with E-state index in [0.29, 0.717) is 24.8 Å². The number of phenols is 1. The molecule has 6 atom stereocenters. The molecular formula is C21H28O6. The molecular weight excluding hydrogens is 348 g/mol. The fourth-order valence-electron chi connectivity index (χ4n) is 6.42. The fraction of sp³-hybridized carbons (Fsp3) is 0.667. The number of aliphatic hydroxyl groups is 4. The molecule has 148 valence electrons. The van der Waals surface area contributed by atoms with E-state index in [-0.39, 0.29) is 24.5 Å². The standard InChI is InChI=1S/C21H28O6/c1-11-3-6-15(23)18-12(11)4-5-14-13-7-8-20(26,17(25)10-22)19(13,2)9-16(24)21(14,18)27/h3,6,13-14,17,22-23,25-27H,4-5,7-10H2,1-2H3/t13-,14-,17?,19-,20-,21+/m0/s1. The predicted molar refractivity (Wildman–Crippen MR) is 97.0 cm³/mol. The summed E-state index contributed by atoms with van der Waals surface area (Å²) < 4.78 is 0. The van der Waals surface area contributed by atoms with Gasteiger partial charge in [-0.1, -0.05) is 13.0 Å². The van der Waals surface area contributed by atoms with Crippen LogP contribution in [0.25, 0.3) is 0 Å². The van der Waals surface area contributed by atoms with Crippen molar-refractivity contribution >= 4 is 5.78 Å². The van der Waals surface area contributed by atoms with Crippen LogP contribution in [-0.4, -0.2) is 49.6 Å². The Hall–Kier alpha value is -1.47.